The first-order valence-corrected chi connectivity index (χ1v) is 8.82. The molecule has 2 unspecified atom stereocenters. The van der Waals surface area contributed by atoms with Crippen LogP contribution in [0.5, 0.6) is 0 Å². The van der Waals surface area contributed by atoms with Crippen LogP contribution in [0.1, 0.15) is 48.3 Å². The van der Waals surface area contributed by atoms with Crippen LogP contribution in [-0.4, -0.2) is 17.9 Å². The number of nitrogens with one attached hydrogen (secondary N) is 2. The highest BCUT2D eigenvalue weighted by molar-refractivity contribution is 5.99. The standard InChI is InChI=1S/C21H27N3O2.ClH/c1-13(2)23-21(26)18-12-17(11-10-14(18)3)24-20(25)15(4)19(22)16-8-6-5-7-9-16;/h5-13,15,19H,22H2,1-4H3,(H,23,26)(H,24,25);1H. The fraction of sp³-hybridized carbons (Fsp3) is 0.333. The zero-order valence-electron chi connectivity index (χ0n) is 16.2. The van der Waals surface area contributed by atoms with Crippen LogP contribution >= 0.6 is 12.4 Å². The second-order valence-electron chi connectivity index (χ2n) is 6.87. The van der Waals surface area contributed by atoms with E-state index in [-0.39, 0.29) is 30.3 Å². The van der Waals surface area contributed by atoms with E-state index in [1.807, 2.05) is 57.2 Å². The van der Waals surface area contributed by atoms with E-state index in [1.54, 1.807) is 19.1 Å². The van der Waals surface area contributed by atoms with Crippen molar-refractivity contribution in [2.45, 2.75) is 39.8 Å². The lowest BCUT2D eigenvalue weighted by atomic mass is 9.94. The molecule has 2 amide bonds. The lowest BCUT2D eigenvalue weighted by Crippen LogP contribution is -2.31. The zero-order valence-corrected chi connectivity index (χ0v) is 17.0. The minimum Gasteiger partial charge on any atom is -0.350 e. The second-order valence-corrected chi connectivity index (χ2v) is 6.87. The Bertz CT molecular complexity index is 778. The topological polar surface area (TPSA) is 84.2 Å². The Morgan fingerprint density at radius 1 is 1.00 bits per heavy atom. The Hall–Kier alpha value is -2.37. The quantitative estimate of drug-likeness (QED) is 0.701. The zero-order chi connectivity index (χ0) is 19.3. The molecule has 0 aliphatic carbocycles. The van der Waals surface area contributed by atoms with Crippen LogP contribution in [0.4, 0.5) is 5.69 Å². The van der Waals surface area contributed by atoms with Crippen LogP contribution in [0.15, 0.2) is 48.5 Å². The van der Waals surface area contributed by atoms with Crippen molar-refractivity contribution < 1.29 is 9.59 Å². The largest absolute Gasteiger partial charge is 0.350 e. The van der Waals surface area contributed by atoms with E-state index < -0.39 is 12.0 Å². The summed E-state index contributed by atoms with van der Waals surface area (Å²) in [6.45, 7) is 7.49. The van der Waals surface area contributed by atoms with Gasteiger partial charge in [0.1, 0.15) is 0 Å². The van der Waals surface area contributed by atoms with Gasteiger partial charge in [0.15, 0.2) is 0 Å². The molecule has 0 heterocycles. The molecular weight excluding hydrogens is 362 g/mol. The number of carbonyl (C=O) groups is 2. The van der Waals surface area contributed by atoms with Crippen LogP contribution in [0.25, 0.3) is 0 Å². The molecule has 2 aromatic rings. The summed E-state index contributed by atoms with van der Waals surface area (Å²) in [5.74, 6) is -0.741. The third-order valence-electron chi connectivity index (χ3n) is 4.31. The molecule has 0 aromatic heterocycles. The Morgan fingerprint density at radius 3 is 2.22 bits per heavy atom. The molecular formula is C21H28ClN3O2. The van der Waals surface area contributed by atoms with E-state index in [0.29, 0.717) is 11.3 Å². The number of nitrogens with two attached hydrogens (primary N) is 1. The summed E-state index contributed by atoms with van der Waals surface area (Å²) in [5.41, 5.74) is 9.13. The molecule has 2 aromatic carbocycles. The molecule has 0 aliphatic rings. The van der Waals surface area contributed by atoms with Gasteiger partial charge in [-0.1, -0.05) is 43.3 Å². The van der Waals surface area contributed by atoms with Crippen molar-refractivity contribution in [2.24, 2.45) is 11.7 Å². The number of aryl methyl sites for hydroxylation is 1. The molecule has 0 radical (unpaired) electrons. The Balaban J connectivity index is 0.00000364. The van der Waals surface area contributed by atoms with Gasteiger partial charge in [0.2, 0.25) is 5.91 Å². The van der Waals surface area contributed by atoms with E-state index in [2.05, 4.69) is 10.6 Å². The van der Waals surface area contributed by atoms with Gasteiger partial charge in [0.25, 0.3) is 5.91 Å². The maximum Gasteiger partial charge on any atom is 0.251 e. The third kappa shape index (κ3) is 6.08. The van der Waals surface area contributed by atoms with Crippen LogP contribution < -0.4 is 16.4 Å². The van der Waals surface area contributed by atoms with Crippen molar-refractivity contribution in [1.82, 2.24) is 5.32 Å². The van der Waals surface area contributed by atoms with Crippen molar-refractivity contribution in [2.75, 3.05) is 5.32 Å². The molecule has 2 rings (SSSR count). The molecule has 0 saturated heterocycles. The van der Waals surface area contributed by atoms with Crippen molar-refractivity contribution >= 4 is 29.9 Å². The Morgan fingerprint density at radius 2 is 1.63 bits per heavy atom. The molecule has 4 N–H and O–H groups in total. The molecule has 0 spiro atoms. The van der Waals surface area contributed by atoms with E-state index >= 15 is 0 Å². The van der Waals surface area contributed by atoms with Crippen molar-refractivity contribution in [1.29, 1.82) is 0 Å². The minimum absolute atomic E-state index is 0. The van der Waals surface area contributed by atoms with Crippen molar-refractivity contribution in [3.05, 3.63) is 65.2 Å². The summed E-state index contributed by atoms with van der Waals surface area (Å²) in [6.07, 6.45) is 0. The van der Waals surface area contributed by atoms with Crippen LogP contribution in [0.3, 0.4) is 0 Å². The monoisotopic (exact) mass is 389 g/mol. The van der Waals surface area contributed by atoms with E-state index in [9.17, 15) is 9.59 Å². The molecule has 2 atom stereocenters. The molecule has 0 aliphatic heterocycles. The molecule has 5 nitrogen and oxygen atoms in total. The van der Waals surface area contributed by atoms with Gasteiger partial charge >= 0.3 is 0 Å². The van der Waals surface area contributed by atoms with Crippen LogP contribution in [0, 0.1) is 12.8 Å². The third-order valence-corrected chi connectivity index (χ3v) is 4.31. The molecule has 0 saturated carbocycles. The lowest BCUT2D eigenvalue weighted by Gasteiger charge is -2.20. The smallest absolute Gasteiger partial charge is 0.251 e. The first-order valence-electron chi connectivity index (χ1n) is 8.82. The van der Waals surface area contributed by atoms with Gasteiger partial charge in [-0.05, 0) is 44.0 Å². The number of anilines is 1. The number of rotatable bonds is 6. The SMILES string of the molecule is Cc1ccc(NC(=O)C(C)C(N)c2ccccc2)cc1C(=O)NC(C)C.Cl. The molecule has 0 fully saturated rings. The van der Waals surface area contributed by atoms with E-state index in [4.69, 9.17) is 5.73 Å². The fourth-order valence-corrected chi connectivity index (χ4v) is 2.67. The van der Waals surface area contributed by atoms with Gasteiger partial charge in [-0.2, -0.15) is 0 Å². The summed E-state index contributed by atoms with van der Waals surface area (Å²) in [7, 11) is 0. The number of carbonyl (C=O) groups excluding carboxylic acids is 2. The maximum absolute atomic E-state index is 12.6. The Kier molecular flexibility index (Phi) is 8.47. The van der Waals surface area contributed by atoms with Gasteiger partial charge < -0.3 is 16.4 Å². The molecule has 0 bridgehead atoms. The van der Waals surface area contributed by atoms with E-state index in [1.165, 1.54) is 0 Å². The van der Waals surface area contributed by atoms with Gasteiger partial charge in [0.05, 0.1) is 5.92 Å². The number of hydrogen-bond donors (Lipinski definition) is 3. The average Bonchev–Trinajstić information content (AvgIpc) is 2.62. The predicted molar refractivity (Wildman–Crippen MR) is 112 cm³/mol. The normalized spacial score (nSPS) is 12.7. The number of halogens is 1. The lowest BCUT2D eigenvalue weighted by molar-refractivity contribution is -0.120. The van der Waals surface area contributed by atoms with Crippen molar-refractivity contribution in [3.8, 4) is 0 Å². The summed E-state index contributed by atoms with van der Waals surface area (Å²) in [6, 6.07) is 14.5. The first kappa shape index (κ1) is 22.7. The highest BCUT2D eigenvalue weighted by Gasteiger charge is 2.22. The number of benzene rings is 2. The van der Waals surface area contributed by atoms with Gasteiger partial charge in [-0.25, -0.2) is 0 Å². The fourth-order valence-electron chi connectivity index (χ4n) is 2.67. The molecule has 146 valence electrons. The molecule has 6 heteroatoms. The summed E-state index contributed by atoms with van der Waals surface area (Å²) >= 11 is 0. The highest BCUT2D eigenvalue weighted by atomic mass is 35.5. The predicted octanol–water partition coefficient (Wildman–Crippen LogP) is 3.83. The van der Waals surface area contributed by atoms with Gasteiger partial charge in [-0.15, -0.1) is 12.4 Å². The number of hydrogen-bond acceptors (Lipinski definition) is 3. The van der Waals surface area contributed by atoms with Crippen LogP contribution in [0.2, 0.25) is 0 Å². The van der Waals surface area contributed by atoms with E-state index in [0.717, 1.165) is 11.1 Å². The summed E-state index contributed by atoms with van der Waals surface area (Å²) in [5, 5.41) is 5.74. The first-order chi connectivity index (χ1) is 12.3. The van der Waals surface area contributed by atoms with Gasteiger partial charge in [-0.3, -0.25) is 9.59 Å². The van der Waals surface area contributed by atoms with Gasteiger partial charge in [0, 0.05) is 23.3 Å². The highest BCUT2D eigenvalue weighted by Crippen LogP contribution is 2.22. The number of amides is 2. The Labute approximate surface area is 167 Å². The summed E-state index contributed by atoms with van der Waals surface area (Å²) in [4.78, 5) is 24.9. The second kappa shape index (κ2) is 10.1. The van der Waals surface area contributed by atoms with Crippen molar-refractivity contribution in [3.63, 3.8) is 0 Å². The average molecular weight is 390 g/mol. The van der Waals surface area contributed by atoms with Crippen LogP contribution in [-0.2, 0) is 4.79 Å². The minimum atomic E-state index is -0.411. The maximum atomic E-state index is 12.6. The molecule has 27 heavy (non-hydrogen) atoms. The summed E-state index contributed by atoms with van der Waals surface area (Å²) < 4.78 is 0.